The Labute approximate surface area is 117 Å². The smallest absolute Gasteiger partial charge is 0.341 e. The van der Waals surface area contributed by atoms with E-state index in [9.17, 15) is 9.59 Å². The number of hydrogen-bond donors (Lipinski definition) is 3. The van der Waals surface area contributed by atoms with Crippen molar-refractivity contribution in [2.45, 2.75) is 26.8 Å². The molecule has 0 saturated carbocycles. The van der Waals surface area contributed by atoms with Crippen molar-refractivity contribution in [3.8, 4) is 5.75 Å². The van der Waals surface area contributed by atoms with Gasteiger partial charge in [0, 0.05) is 5.69 Å². The SMILES string of the molecule is CC(C)(C)C(N)C(=O)Nc1ccc(OCC(=O)O)cc1. The van der Waals surface area contributed by atoms with Gasteiger partial charge in [0.05, 0.1) is 6.04 Å². The first-order chi connectivity index (χ1) is 9.20. The molecule has 1 amide bonds. The highest BCUT2D eigenvalue weighted by atomic mass is 16.5. The van der Waals surface area contributed by atoms with Gasteiger partial charge in [-0.2, -0.15) is 0 Å². The number of hydrogen-bond acceptors (Lipinski definition) is 4. The summed E-state index contributed by atoms with van der Waals surface area (Å²) in [6, 6.07) is 5.81. The van der Waals surface area contributed by atoms with Crippen LogP contribution >= 0.6 is 0 Å². The average Bonchev–Trinajstić information content (AvgIpc) is 2.35. The number of carbonyl (C=O) groups is 2. The zero-order valence-electron chi connectivity index (χ0n) is 11.8. The Morgan fingerprint density at radius 2 is 1.85 bits per heavy atom. The van der Waals surface area contributed by atoms with E-state index in [4.69, 9.17) is 15.6 Å². The van der Waals surface area contributed by atoms with Crippen LogP contribution in [-0.2, 0) is 9.59 Å². The van der Waals surface area contributed by atoms with Crippen molar-refractivity contribution in [2.24, 2.45) is 11.1 Å². The molecule has 0 saturated heterocycles. The van der Waals surface area contributed by atoms with E-state index in [-0.39, 0.29) is 11.3 Å². The van der Waals surface area contributed by atoms with Crippen LogP contribution in [-0.4, -0.2) is 29.6 Å². The lowest BCUT2D eigenvalue weighted by molar-refractivity contribution is -0.139. The third-order valence-corrected chi connectivity index (χ3v) is 2.70. The van der Waals surface area contributed by atoms with E-state index in [2.05, 4.69) is 5.32 Å². The molecule has 0 bridgehead atoms. The molecule has 0 aromatic heterocycles. The predicted octanol–water partition coefficient (Wildman–Crippen LogP) is 1.46. The largest absolute Gasteiger partial charge is 0.482 e. The molecular formula is C14H20N2O4. The minimum Gasteiger partial charge on any atom is -0.482 e. The molecule has 4 N–H and O–H groups in total. The van der Waals surface area contributed by atoms with E-state index in [1.54, 1.807) is 24.3 Å². The van der Waals surface area contributed by atoms with Gasteiger partial charge >= 0.3 is 5.97 Å². The summed E-state index contributed by atoms with van der Waals surface area (Å²) in [5.74, 6) is -0.888. The Morgan fingerprint density at radius 3 is 2.30 bits per heavy atom. The molecule has 0 fully saturated rings. The Morgan fingerprint density at radius 1 is 1.30 bits per heavy atom. The third kappa shape index (κ3) is 4.89. The van der Waals surface area contributed by atoms with Gasteiger partial charge in [0.1, 0.15) is 5.75 Å². The maximum Gasteiger partial charge on any atom is 0.341 e. The minimum absolute atomic E-state index is 0.267. The van der Waals surface area contributed by atoms with Crippen LogP contribution in [0.25, 0.3) is 0 Å². The number of ether oxygens (including phenoxy) is 1. The Bertz CT molecular complexity index is 477. The van der Waals surface area contributed by atoms with Crippen molar-refractivity contribution in [2.75, 3.05) is 11.9 Å². The quantitative estimate of drug-likeness (QED) is 0.758. The number of carboxylic acid groups (broad SMARTS) is 1. The summed E-state index contributed by atoms with van der Waals surface area (Å²) in [4.78, 5) is 22.3. The van der Waals surface area contributed by atoms with Gasteiger partial charge in [-0.05, 0) is 29.7 Å². The summed E-state index contributed by atoms with van der Waals surface area (Å²) in [5.41, 5.74) is 6.11. The van der Waals surface area contributed by atoms with Gasteiger partial charge in [0.25, 0.3) is 0 Å². The normalized spacial score (nSPS) is 12.6. The van der Waals surface area contributed by atoms with Gasteiger partial charge in [-0.1, -0.05) is 20.8 Å². The second-order valence-corrected chi connectivity index (χ2v) is 5.54. The van der Waals surface area contributed by atoms with E-state index < -0.39 is 18.6 Å². The Kier molecular flexibility index (Phi) is 5.10. The molecule has 110 valence electrons. The number of anilines is 1. The molecule has 1 atom stereocenters. The third-order valence-electron chi connectivity index (χ3n) is 2.70. The Hall–Kier alpha value is -2.08. The molecule has 20 heavy (non-hydrogen) atoms. The topological polar surface area (TPSA) is 102 Å². The Balaban J connectivity index is 2.61. The van der Waals surface area contributed by atoms with Gasteiger partial charge in [-0.3, -0.25) is 4.79 Å². The van der Waals surface area contributed by atoms with Crippen molar-refractivity contribution in [3.63, 3.8) is 0 Å². The maximum atomic E-state index is 11.9. The molecule has 0 aliphatic carbocycles. The second kappa shape index (κ2) is 6.38. The van der Waals surface area contributed by atoms with E-state index in [0.717, 1.165) is 0 Å². The number of amides is 1. The van der Waals surface area contributed by atoms with Crippen LogP contribution in [0.3, 0.4) is 0 Å². The van der Waals surface area contributed by atoms with Crippen LogP contribution < -0.4 is 15.8 Å². The molecule has 0 aliphatic rings. The van der Waals surface area contributed by atoms with Crippen molar-refractivity contribution in [3.05, 3.63) is 24.3 Å². The summed E-state index contributed by atoms with van der Waals surface area (Å²) in [6.45, 7) is 5.26. The molecule has 0 spiro atoms. The van der Waals surface area contributed by atoms with Gasteiger partial charge in [0.15, 0.2) is 6.61 Å². The van der Waals surface area contributed by atoms with Crippen LogP contribution in [0.2, 0.25) is 0 Å². The second-order valence-electron chi connectivity index (χ2n) is 5.54. The highest BCUT2D eigenvalue weighted by molar-refractivity contribution is 5.95. The fourth-order valence-corrected chi connectivity index (χ4v) is 1.39. The van der Waals surface area contributed by atoms with Crippen molar-refractivity contribution in [1.29, 1.82) is 0 Å². The molecule has 1 rings (SSSR count). The number of benzene rings is 1. The van der Waals surface area contributed by atoms with Gasteiger partial charge < -0.3 is 20.9 Å². The molecule has 6 nitrogen and oxygen atoms in total. The summed E-state index contributed by atoms with van der Waals surface area (Å²) in [5, 5.41) is 11.2. The monoisotopic (exact) mass is 280 g/mol. The maximum absolute atomic E-state index is 11.9. The molecule has 6 heteroatoms. The summed E-state index contributed by atoms with van der Waals surface area (Å²) in [7, 11) is 0. The number of aliphatic carboxylic acids is 1. The van der Waals surface area contributed by atoms with Crippen LogP contribution in [0.15, 0.2) is 24.3 Å². The molecule has 1 aromatic carbocycles. The summed E-state index contributed by atoms with van der Waals surface area (Å²) >= 11 is 0. The van der Waals surface area contributed by atoms with Crippen molar-refractivity contribution < 1.29 is 19.4 Å². The van der Waals surface area contributed by atoms with Crippen LogP contribution in [0, 0.1) is 5.41 Å². The number of carbonyl (C=O) groups excluding carboxylic acids is 1. The van der Waals surface area contributed by atoms with Crippen LogP contribution in [0.5, 0.6) is 5.75 Å². The van der Waals surface area contributed by atoms with Gasteiger partial charge in [-0.25, -0.2) is 4.79 Å². The number of carboxylic acids is 1. The first-order valence-corrected chi connectivity index (χ1v) is 6.21. The molecular weight excluding hydrogens is 260 g/mol. The molecule has 0 heterocycles. The fourth-order valence-electron chi connectivity index (χ4n) is 1.39. The lowest BCUT2D eigenvalue weighted by atomic mass is 9.87. The van der Waals surface area contributed by atoms with Crippen LogP contribution in [0.1, 0.15) is 20.8 Å². The minimum atomic E-state index is -1.04. The number of nitrogens with one attached hydrogen (secondary N) is 1. The van der Waals surface area contributed by atoms with E-state index in [1.807, 2.05) is 20.8 Å². The molecule has 0 aliphatic heterocycles. The zero-order chi connectivity index (χ0) is 15.3. The van der Waals surface area contributed by atoms with Gasteiger partial charge in [0.2, 0.25) is 5.91 Å². The molecule has 0 radical (unpaired) electrons. The van der Waals surface area contributed by atoms with Crippen molar-refractivity contribution >= 4 is 17.6 Å². The first-order valence-electron chi connectivity index (χ1n) is 6.21. The molecule has 1 unspecified atom stereocenters. The molecule has 1 aromatic rings. The first kappa shape index (κ1) is 16.0. The van der Waals surface area contributed by atoms with E-state index in [0.29, 0.717) is 11.4 Å². The van der Waals surface area contributed by atoms with Crippen molar-refractivity contribution in [1.82, 2.24) is 0 Å². The highest BCUT2D eigenvalue weighted by Crippen LogP contribution is 2.20. The summed E-state index contributed by atoms with van der Waals surface area (Å²) in [6.07, 6.45) is 0. The van der Waals surface area contributed by atoms with E-state index >= 15 is 0 Å². The van der Waals surface area contributed by atoms with Gasteiger partial charge in [-0.15, -0.1) is 0 Å². The standard InChI is InChI=1S/C14H20N2O4/c1-14(2,3)12(15)13(19)16-9-4-6-10(7-5-9)20-8-11(17)18/h4-7,12H,8,15H2,1-3H3,(H,16,19)(H,17,18). The number of rotatable bonds is 5. The zero-order valence-corrected chi connectivity index (χ0v) is 11.8. The predicted molar refractivity (Wildman–Crippen MR) is 75.6 cm³/mol. The highest BCUT2D eigenvalue weighted by Gasteiger charge is 2.27. The summed E-state index contributed by atoms with van der Waals surface area (Å²) < 4.78 is 4.99. The van der Waals surface area contributed by atoms with Crippen LogP contribution in [0.4, 0.5) is 5.69 Å². The fraction of sp³-hybridized carbons (Fsp3) is 0.429. The average molecular weight is 280 g/mol. The lowest BCUT2D eigenvalue weighted by Crippen LogP contribution is -2.45. The number of nitrogens with two attached hydrogens (primary N) is 1. The lowest BCUT2D eigenvalue weighted by Gasteiger charge is -2.25. The van der Waals surface area contributed by atoms with E-state index in [1.165, 1.54) is 0 Å².